The molecule has 0 amide bonds. The van der Waals surface area contributed by atoms with Crippen LogP contribution in [0.3, 0.4) is 0 Å². The maximum atomic E-state index is 2.78. The van der Waals surface area contributed by atoms with Gasteiger partial charge in [0.15, 0.2) is 0 Å². The Kier molecular flexibility index (Phi) is 6.24. The molecule has 4 rings (SSSR count). The zero-order valence-corrected chi connectivity index (χ0v) is 23.3. The molecule has 3 aliphatic rings. The summed E-state index contributed by atoms with van der Waals surface area (Å²) >= 11 is -2.91. The van der Waals surface area contributed by atoms with Crippen LogP contribution in [0.1, 0.15) is 79.2 Å². The molecule has 0 saturated heterocycles. The molecule has 2 atom stereocenters. The van der Waals surface area contributed by atoms with Crippen LogP contribution in [0.15, 0.2) is 74.1 Å². The number of rotatable bonds is 3. The summed E-state index contributed by atoms with van der Waals surface area (Å²) in [6.07, 6.45) is 14.4. The normalized spacial score (nSPS) is 23.7. The Morgan fingerprint density at radius 3 is 2.19 bits per heavy atom. The van der Waals surface area contributed by atoms with Crippen LogP contribution >= 0.6 is 0 Å². The van der Waals surface area contributed by atoms with Crippen molar-refractivity contribution in [1.82, 2.24) is 0 Å². The van der Waals surface area contributed by atoms with Gasteiger partial charge in [-0.2, -0.15) is 0 Å². The van der Waals surface area contributed by atoms with Gasteiger partial charge in [0, 0.05) is 0 Å². The molecule has 2 unspecified atom stereocenters. The second-order valence-corrected chi connectivity index (χ2v) is 22.3. The van der Waals surface area contributed by atoms with E-state index >= 15 is 0 Å². The Hall–Kier alpha value is -1.07. The summed E-state index contributed by atoms with van der Waals surface area (Å²) < 4.78 is 8.00. The van der Waals surface area contributed by atoms with Crippen molar-refractivity contribution >= 4 is 3.71 Å². The van der Waals surface area contributed by atoms with Crippen LogP contribution in [0, 0.1) is 10.8 Å². The van der Waals surface area contributed by atoms with Crippen LogP contribution in [-0.2, 0) is 19.8 Å². The molecule has 0 nitrogen and oxygen atoms in total. The van der Waals surface area contributed by atoms with Crippen molar-refractivity contribution in [3.8, 4) is 0 Å². The number of allylic oxidation sites excluding steroid dienone is 8. The summed E-state index contributed by atoms with van der Waals surface area (Å²) in [5, 5.41) is 0. The fraction of sp³-hybridized carbons (Fsp3) is 0.500. The molecule has 0 spiro atoms. The first kappa shape index (κ1) is 23.1. The zero-order chi connectivity index (χ0) is 22.4. The third-order valence-electron chi connectivity index (χ3n) is 7.75. The third kappa shape index (κ3) is 4.55. The molecule has 3 aliphatic carbocycles. The van der Waals surface area contributed by atoms with E-state index in [1.165, 1.54) is 37.7 Å². The average Bonchev–Trinajstić information content (AvgIpc) is 3.34. The van der Waals surface area contributed by atoms with Gasteiger partial charge in [0.2, 0.25) is 0 Å². The molecule has 165 valence electrons. The van der Waals surface area contributed by atoms with Gasteiger partial charge >= 0.3 is 196 Å². The molecule has 0 aromatic heterocycles. The first-order chi connectivity index (χ1) is 14.5. The van der Waals surface area contributed by atoms with Crippen LogP contribution in [0.2, 0.25) is 8.26 Å². The van der Waals surface area contributed by atoms with Crippen molar-refractivity contribution in [2.24, 2.45) is 10.8 Å². The van der Waals surface area contributed by atoms with E-state index in [1.54, 1.807) is 22.3 Å². The second kappa shape index (κ2) is 8.37. The molecule has 0 aliphatic heterocycles. The molecular weight excluding hydrogens is 452 g/mol. The van der Waals surface area contributed by atoms with Crippen molar-refractivity contribution < 1.29 is 19.8 Å². The minimum absolute atomic E-state index is 0.199. The third-order valence-corrected chi connectivity index (χ3v) is 18.7. The average molecular weight is 493 g/mol. The number of hydrogen-bond donors (Lipinski definition) is 0. The summed E-state index contributed by atoms with van der Waals surface area (Å²) in [7, 11) is 0. The van der Waals surface area contributed by atoms with Gasteiger partial charge in [0.05, 0.1) is 0 Å². The van der Waals surface area contributed by atoms with Crippen LogP contribution in [0.5, 0.6) is 0 Å². The molecule has 0 bridgehead atoms. The van der Waals surface area contributed by atoms with Crippen LogP contribution < -0.4 is 0 Å². The van der Waals surface area contributed by atoms with Crippen LogP contribution in [0.4, 0.5) is 0 Å². The minimum atomic E-state index is -2.91. The molecule has 0 N–H and O–H groups in total. The van der Waals surface area contributed by atoms with E-state index in [-0.39, 0.29) is 10.8 Å². The molecule has 1 heteroatoms. The van der Waals surface area contributed by atoms with Gasteiger partial charge in [-0.25, -0.2) is 0 Å². The van der Waals surface area contributed by atoms with E-state index in [0.29, 0.717) is 3.63 Å². The van der Waals surface area contributed by atoms with Crippen molar-refractivity contribution in [3.63, 3.8) is 0 Å². The van der Waals surface area contributed by atoms with Crippen molar-refractivity contribution in [2.45, 2.75) is 81.9 Å². The molecule has 0 heterocycles. The fourth-order valence-electron chi connectivity index (χ4n) is 5.95. The van der Waals surface area contributed by atoms with E-state index < -0.39 is 19.8 Å². The maximum absolute atomic E-state index is 2.91. The molecular formula is C30H41Zr. The molecule has 31 heavy (non-hydrogen) atoms. The van der Waals surface area contributed by atoms with Crippen molar-refractivity contribution in [1.29, 1.82) is 0 Å². The molecule has 0 saturated carbocycles. The topological polar surface area (TPSA) is 0 Å². The second-order valence-electron chi connectivity index (χ2n) is 12.2. The predicted octanol–water partition coefficient (Wildman–Crippen LogP) is 8.94. The Morgan fingerprint density at radius 1 is 0.903 bits per heavy atom. The fourth-order valence-corrected chi connectivity index (χ4v) is 16.3. The summed E-state index contributed by atoms with van der Waals surface area (Å²) in [4.78, 5) is 0. The van der Waals surface area contributed by atoms with Gasteiger partial charge in [0.25, 0.3) is 0 Å². The first-order valence-corrected chi connectivity index (χ1v) is 18.8. The Labute approximate surface area is 195 Å². The molecule has 0 fully saturated rings. The zero-order valence-electron chi connectivity index (χ0n) is 20.8. The molecule has 1 aromatic carbocycles. The molecule has 1 aromatic rings. The van der Waals surface area contributed by atoms with Crippen LogP contribution in [0.25, 0.3) is 0 Å². The summed E-state index contributed by atoms with van der Waals surface area (Å²) in [6, 6.07) is 11.2. The van der Waals surface area contributed by atoms with Gasteiger partial charge < -0.3 is 0 Å². The van der Waals surface area contributed by atoms with E-state index in [2.05, 4.69) is 98.4 Å². The van der Waals surface area contributed by atoms with Crippen molar-refractivity contribution in [2.75, 3.05) is 0 Å². The summed E-state index contributed by atoms with van der Waals surface area (Å²) in [6.45, 7) is 14.4. The van der Waals surface area contributed by atoms with Crippen LogP contribution in [-0.4, -0.2) is 3.71 Å². The first-order valence-electron chi connectivity index (χ1n) is 12.3. The van der Waals surface area contributed by atoms with Gasteiger partial charge in [-0.15, -0.1) is 0 Å². The number of benzene rings is 1. The number of hydrogen-bond acceptors (Lipinski definition) is 0. The Bertz CT molecular complexity index is 1030. The van der Waals surface area contributed by atoms with E-state index in [4.69, 9.17) is 0 Å². The SMILES string of the molecule is CC(C)(C)C1=C(C(C)(C)C)C[C]([Zr]([CH3])(=[CH]c2ccccc2)[CH]2C=CC3=C2CCCC3)=C1. The quantitative estimate of drug-likeness (QED) is 0.395. The Morgan fingerprint density at radius 2 is 1.58 bits per heavy atom. The van der Waals surface area contributed by atoms with Crippen molar-refractivity contribution in [3.05, 3.63) is 79.7 Å². The van der Waals surface area contributed by atoms with E-state index in [1.807, 2.05) is 3.28 Å². The van der Waals surface area contributed by atoms with Gasteiger partial charge in [-0.3, -0.25) is 0 Å². The van der Waals surface area contributed by atoms with Gasteiger partial charge in [-0.1, -0.05) is 0 Å². The van der Waals surface area contributed by atoms with Gasteiger partial charge in [0.1, 0.15) is 0 Å². The van der Waals surface area contributed by atoms with Gasteiger partial charge in [-0.05, 0) is 0 Å². The van der Waals surface area contributed by atoms with E-state index in [9.17, 15) is 0 Å². The predicted molar refractivity (Wildman–Crippen MR) is 134 cm³/mol. The summed E-state index contributed by atoms with van der Waals surface area (Å²) in [5.41, 5.74) is 8.63. The standard InChI is InChI=1S/C13H21.C9H11.C7H6.CH3.Zr/c1-12(2,3)10-8-7-9-11(10)13(4,5)6;1-2-5-9-7-3-6-8(9)4-1;1-7-5-3-2-4-6-7;;/h8H,9H2,1-6H3;3,6-7H,1-2,4-5H2;1-6H;1H3;. The molecule has 0 radical (unpaired) electrons. The summed E-state index contributed by atoms with van der Waals surface area (Å²) in [5.74, 6) is 0. The van der Waals surface area contributed by atoms with E-state index in [0.717, 1.165) is 0 Å². The Balaban J connectivity index is 1.87. The monoisotopic (exact) mass is 491 g/mol.